The zero-order valence-electron chi connectivity index (χ0n) is 13.2. The first-order chi connectivity index (χ1) is 11.1. The number of hydrogen-bond donors (Lipinski definition) is 2. The third-order valence-corrected chi connectivity index (χ3v) is 3.27. The van der Waals surface area contributed by atoms with Crippen molar-refractivity contribution in [1.82, 2.24) is 10.3 Å². The summed E-state index contributed by atoms with van der Waals surface area (Å²) in [5, 5.41) is 5.72. The third-order valence-electron chi connectivity index (χ3n) is 3.27. The van der Waals surface area contributed by atoms with Crippen molar-refractivity contribution in [2.45, 2.75) is 20.4 Å². The number of halogens is 1. The summed E-state index contributed by atoms with van der Waals surface area (Å²) >= 11 is 0. The number of ether oxygens (including phenoxy) is 1. The van der Waals surface area contributed by atoms with E-state index in [9.17, 15) is 9.18 Å². The molecule has 122 valence electrons. The molecule has 1 amide bonds. The molecule has 2 N–H and O–H groups in total. The molecule has 1 heterocycles. The summed E-state index contributed by atoms with van der Waals surface area (Å²) in [4.78, 5) is 16.1. The molecule has 0 radical (unpaired) electrons. The van der Waals surface area contributed by atoms with Crippen LogP contribution in [0.4, 0.5) is 10.1 Å². The number of benzene rings is 1. The minimum Gasteiger partial charge on any atom is -0.478 e. The number of carbonyl (C=O) groups is 1. The van der Waals surface area contributed by atoms with Gasteiger partial charge in [-0.2, -0.15) is 0 Å². The lowest BCUT2D eigenvalue weighted by atomic mass is 10.2. The zero-order valence-corrected chi connectivity index (χ0v) is 13.2. The van der Waals surface area contributed by atoms with Crippen LogP contribution in [0, 0.1) is 12.7 Å². The Morgan fingerprint density at radius 3 is 2.91 bits per heavy atom. The molecule has 0 unspecified atom stereocenters. The second-order valence-corrected chi connectivity index (χ2v) is 4.96. The standard InChI is InChI=1S/C17H20FN3O2/c1-3-23-17-13(6-5-9-20-17)10-19-11-16(22)21-15-8-4-7-14(18)12(15)2/h4-9,19H,3,10-11H2,1-2H3,(H,21,22). The van der Waals surface area contributed by atoms with Gasteiger partial charge in [0.05, 0.1) is 13.2 Å². The number of aromatic nitrogens is 1. The lowest BCUT2D eigenvalue weighted by molar-refractivity contribution is -0.115. The van der Waals surface area contributed by atoms with Crippen molar-refractivity contribution >= 4 is 11.6 Å². The molecule has 0 saturated heterocycles. The van der Waals surface area contributed by atoms with E-state index in [-0.39, 0.29) is 18.3 Å². The molecule has 23 heavy (non-hydrogen) atoms. The van der Waals surface area contributed by atoms with Gasteiger partial charge in [0, 0.05) is 29.6 Å². The normalized spacial score (nSPS) is 10.4. The van der Waals surface area contributed by atoms with Crippen LogP contribution in [0.3, 0.4) is 0 Å². The Kier molecular flexibility index (Phi) is 6.05. The predicted molar refractivity (Wildman–Crippen MR) is 86.9 cm³/mol. The van der Waals surface area contributed by atoms with E-state index in [0.29, 0.717) is 30.3 Å². The van der Waals surface area contributed by atoms with Crippen molar-refractivity contribution in [2.24, 2.45) is 0 Å². The second-order valence-electron chi connectivity index (χ2n) is 4.96. The average molecular weight is 317 g/mol. The molecule has 0 aliphatic rings. The van der Waals surface area contributed by atoms with Crippen LogP contribution in [0.1, 0.15) is 18.1 Å². The van der Waals surface area contributed by atoms with E-state index in [1.54, 1.807) is 25.3 Å². The summed E-state index contributed by atoms with van der Waals surface area (Å²) in [7, 11) is 0. The lowest BCUT2D eigenvalue weighted by Gasteiger charge is -2.11. The van der Waals surface area contributed by atoms with Gasteiger partial charge in [0.25, 0.3) is 0 Å². The van der Waals surface area contributed by atoms with Crippen LogP contribution in [0.25, 0.3) is 0 Å². The van der Waals surface area contributed by atoms with E-state index in [0.717, 1.165) is 5.56 Å². The van der Waals surface area contributed by atoms with Crippen molar-refractivity contribution in [3.05, 3.63) is 53.5 Å². The number of rotatable bonds is 7. The molecule has 0 fully saturated rings. The Morgan fingerprint density at radius 2 is 2.13 bits per heavy atom. The molecule has 2 aromatic rings. The van der Waals surface area contributed by atoms with Gasteiger partial charge in [-0.3, -0.25) is 4.79 Å². The number of pyridine rings is 1. The van der Waals surface area contributed by atoms with E-state index in [4.69, 9.17) is 4.74 Å². The van der Waals surface area contributed by atoms with Gasteiger partial charge in [0.2, 0.25) is 11.8 Å². The second kappa shape index (κ2) is 8.24. The Balaban J connectivity index is 1.87. The van der Waals surface area contributed by atoms with Crippen LogP contribution >= 0.6 is 0 Å². The molecular formula is C17H20FN3O2. The molecule has 0 atom stereocenters. The van der Waals surface area contributed by atoms with Crippen molar-refractivity contribution in [2.75, 3.05) is 18.5 Å². The first kappa shape index (κ1) is 16.9. The Bertz CT molecular complexity index is 677. The fourth-order valence-electron chi connectivity index (χ4n) is 2.07. The van der Waals surface area contributed by atoms with E-state index < -0.39 is 0 Å². The fraction of sp³-hybridized carbons (Fsp3) is 0.294. The number of nitrogens with one attached hydrogen (secondary N) is 2. The molecule has 6 heteroatoms. The van der Waals surface area contributed by atoms with Gasteiger partial charge in [0.1, 0.15) is 5.82 Å². The first-order valence-electron chi connectivity index (χ1n) is 7.44. The molecule has 1 aromatic heterocycles. The van der Waals surface area contributed by atoms with Gasteiger partial charge in [-0.1, -0.05) is 12.1 Å². The first-order valence-corrected chi connectivity index (χ1v) is 7.44. The minimum absolute atomic E-state index is 0.108. The number of anilines is 1. The van der Waals surface area contributed by atoms with Crippen LogP contribution in [0.5, 0.6) is 5.88 Å². The van der Waals surface area contributed by atoms with Gasteiger partial charge in [0.15, 0.2) is 0 Å². The maximum absolute atomic E-state index is 13.4. The number of carbonyl (C=O) groups excluding carboxylic acids is 1. The van der Waals surface area contributed by atoms with Gasteiger partial charge in [-0.05, 0) is 32.0 Å². The molecular weight excluding hydrogens is 297 g/mol. The van der Waals surface area contributed by atoms with Crippen LogP contribution in [0.2, 0.25) is 0 Å². The smallest absolute Gasteiger partial charge is 0.238 e. The molecule has 0 aliphatic heterocycles. The Labute approximate surface area is 134 Å². The number of hydrogen-bond acceptors (Lipinski definition) is 4. The van der Waals surface area contributed by atoms with Crippen molar-refractivity contribution in [1.29, 1.82) is 0 Å². The highest BCUT2D eigenvalue weighted by Gasteiger charge is 2.08. The van der Waals surface area contributed by atoms with E-state index in [1.807, 2.05) is 19.1 Å². The highest BCUT2D eigenvalue weighted by Crippen LogP contribution is 2.17. The highest BCUT2D eigenvalue weighted by molar-refractivity contribution is 5.92. The summed E-state index contributed by atoms with van der Waals surface area (Å²) in [6, 6.07) is 8.30. The van der Waals surface area contributed by atoms with Crippen LogP contribution in [0.15, 0.2) is 36.5 Å². The van der Waals surface area contributed by atoms with Crippen LogP contribution < -0.4 is 15.4 Å². The third kappa shape index (κ3) is 4.75. The van der Waals surface area contributed by atoms with Crippen molar-refractivity contribution in [3.8, 4) is 5.88 Å². The number of amides is 1. The molecule has 0 spiro atoms. The molecule has 0 saturated carbocycles. The van der Waals surface area contributed by atoms with E-state index in [2.05, 4.69) is 15.6 Å². The SMILES string of the molecule is CCOc1ncccc1CNCC(=O)Nc1cccc(F)c1C. The lowest BCUT2D eigenvalue weighted by Crippen LogP contribution is -2.28. The maximum atomic E-state index is 13.4. The average Bonchev–Trinajstić information content (AvgIpc) is 2.54. The molecule has 5 nitrogen and oxygen atoms in total. The van der Waals surface area contributed by atoms with Gasteiger partial charge < -0.3 is 15.4 Å². The highest BCUT2D eigenvalue weighted by atomic mass is 19.1. The summed E-state index contributed by atoms with van der Waals surface area (Å²) in [6.45, 7) is 4.61. The van der Waals surface area contributed by atoms with Crippen LogP contribution in [-0.2, 0) is 11.3 Å². The van der Waals surface area contributed by atoms with E-state index >= 15 is 0 Å². The minimum atomic E-state index is -0.340. The molecule has 2 rings (SSSR count). The van der Waals surface area contributed by atoms with E-state index in [1.165, 1.54) is 6.07 Å². The van der Waals surface area contributed by atoms with Crippen molar-refractivity contribution < 1.29 is 13.9 Å². The molecule has 0 aliphatic carbocycles. The Morgan fingerprint density at radius 1 is 1.30 bits per heavy atom. The maximum Gasteiger partial charge on any atom is 0.238 e. The largest absolute Gasteiger partial charge is 0.478 e. The molecule has 1 aromatic carbocycles. The number of nitrogens with zero attached hydrogens (tertiary/aromatic N) is 1. The van der Waals surface area contributed by atoms with Gasteiger partial charge in [-0.25, -0.2) is 9.37 Å². The monoisotopic (exact) mass is 317 g/mol. The van der Waals surface area contributed by atoms with Gasteiger partial charge >= 0.3 is 0 Å². The summed E-state index contributed by atoms with van der Waals surface area (Å²) in [5.74, 6) is -0.0168. The van der Waals surface area contributed by atoms with Crippen molar-refractivity contribution in [3.63, 3.8) is 0 Å². The van der Waals surface area contributed by atoms with Gasteiger partial charge in [-0.15, -0.1) is 0 Å². The molecule has 0 bridgehead atoms. The topological polar surface area (TPSA) is 63.2 Å². The summed E-state index contributed by atoms with van der Waals surface area (Å²) in [5.41, 5.74) is 1.78. The fourth-order valence-corrected chi connectivity index (χ4v) is 2.07. The zero-order chi connectivity index (χ0) is 16.7. The summed E-state index contributed by atoms with van der Waals surface area (Å²) < 4.78 is 18.9. The Hall–Kier alpha value is -2.47. The quantitative estimate of drug-likeness (QED) is 0.824. The summed E-state index contributed by atoms with van der Waals surface area (Å²) in [6.07, 6.45) is 1.66. The van der Waals surface area contributed by atoms with Crippen LogP contribution in [-0.4, -0.2) is 24.0 Å². The predicted octanol–water partition coefficient (Wildman–Crippen LogP) is 2.66.